The van der Waals surface area contributed by atoms with Crippen molar-refractivity contribution in [3.63, 3.8) is 0 Å². The highest BCUT2D eigenvalue weighted by molar-refractivity contribution is 5.44. The van der Waals surface area contributed by atoms with E-state index in [1.54, 1.807) is 7.11 Å². The minimum atomic E-state index is 0.434. The van der Waals surface area contributed by atoms with Crippen molar-refractivity contribution in [1.29, 1.82) is 0 Å². The molecule has 0 aliphatic carbocycles. The molecule has 0 heterocycles. The Labute approximate surface area is 84.8 Å². The van der Waals surface area contributed by atoms with E-state index in [2.05, 4.69) is 6.92 Å². The second kappa shape index (κ2) is 5.50. The van der Waals surface area contributed by atoms with Gasteiger partial charge in [-0.05, 0) is 18.6 Å². The standard InChI is InChI=1S/C11H17NO2/c1-3-7-14-11-6-4-5-10(13-2)9(11)8-12/h4-6H,3,7-8,12H2,1-2H3. The van der Waals surface area contributed by atoms with Gasteiger partial charge in [-0.3, -0.25) is 0 Å². The molecule has 2 N–H and O–H groups in total. The van der Waals surface area contributed by atoms with Crippen molar-refractivity contribution in [3.8, 4) is 11.5 Å². The average Bonchev–Trinajstić information content (AvgIpc) is 2.25. The van der Waals surface area contributed by atoms with E-state index in [9.17, 15) is 0 Å². The van der Waals surface area contributed by atoms with Gasteiger partial charge in [-0.15, -0.1) is 0 Å². The first-order valence-corrected chi connectivity index (χ1v) is 4.82. The van der Waals surface area contributed by atoms with Gasteiger partial charge in [0.15, 0.2) is 0 Å². The van der Waals surface area contributed by atoms with Crippen molar-refractivity contribution in [3.05, 3.63) is 23.8 Å². The van der Waals surface area contributed by atoms with Crippen LogP contribution in [0.2, 0.25) is 0 Å². The summed E-state index contributed by atoms with van der Waals surface area (Å²) in [6, 6.07) is 5.71. The lowest BCUT2D eigenvalue weighted by Crippen LogP contribution is -2.05. The lowest BCUT2D eigenvalue weighted by molar-refractivity contribution is 0.310. The molecule has 0 radical (unpaired) electrons. The van der Waals surface area contributed by atoms with E-state index in [0.29, 0.717) is 13.2 Å². The van der Waals surface area contributed by atoms with Crippen LogP contribution in [-0.2, 0) is 6.54 Å². The third-order valence-corrected chi connectivity index (χ3v) is 1.98. The number of hydrogen-bond donors (Lipinski definition) is 1. The van der Waals surface area contributed by atoms with E-state index in [-0.39, 0.29) is 0 Å². The van der Waals surface area contributed by atoms with Crippen LogP contribution < -0.4 is 15.2 Å². The van der Waals surface area contributed by atoms with E-state index in [0.717, 1.165) is 23.5 Å². The molecule has 3 heteroatoms. The average molecular weight is 195 g/mol. The third kappa shape index (κ3) is 2.39. The summed E-state index contributed by atoms with van der Waals surface area (Å²) in [5.41, 5.74) is 6.57. The van der Waals surface area contributed by atoms with Crippen molar-refractivity contribution >= 4 is 0 Å². The van der Waals surface area contributed by atoms with Crippen molar-refractivity contribution in [2.45, 2.75) is 19.9 Å². The summed E-state index contributed by atoms with van der Waals surface area (Å²) < 4.78 is 10.8. The number of benzene rings is 1. The molecule has 0 aliphatic heterocycles. The topological polar surface area (TPSA) is 44.5 Å². The smallest absolute Gasteiger partial charge is 0.127 e. The van der Waals surface area contributed by atoms with Gasteiger partial charge in [-0.25, -0.2) is 0 Å². The zero-order valence-electron chi connectivity index (χ0n) is 8.75. The molecular weight excluding hydrogens is 178 g/mol. The maximum Gasteiger partial charge on any atom is 0.127 e. The third-order valence-electron chi connectivity index (χ3n) is 1.98. The monoisotopic (exact) mass is 195 g/mol. The molecule has 78 valence electrons. The van der Waals surface area contributed by atoms with Crippen molar-refractivity contribution in [2.75, 3.05) is 13.7 Å². The zero-order chi connectivity index (χ0) is 10.4. The van der Waals surface area contributed by atoms with E-state index < -0.39 is 0 Å². The first-order valence-electron chi connectivity index (χ1n) is 4.82. The Bertz CT molecular complexity index is 287. The van der Waals surface area contributed by atoms with Gasteiger partial charge in [0, 0.05) is 12.1 Å². The van der Waals surface area contributed by atoms with Crippen LogP contribution in [-0.4, -0.2) is 13.7 Å². The summed E-state index contributed by atoms with van der Waals surface area (Å²) >= 11 is 0. The second-order valence-electron chi connectivity index (χ2n) is 2.99. The van der Waals surface area contributed by atoms with Crippen molar-refractivity contribution in [1.82, 2.24) is 0 Å². The van der Waals surface area contributed by atoms with E-state index in [1.165, 1.54) is 0 Å². The molecule has 0 amide bonds. The summed E-state index contributed by atoms with van der Waals surface area (Å²) in [6.45, 7) is 3.21. The van der Waals surface area contributed by atoms with E-state index in [1.807, 2.05) is 18.2 Å². The van der Waals surface area contributed by atoms with Gasteiger partial charge in [-0.1, -0.05) is 13.0 Å². The molecule has 14 heavy (non-hydrogen) atoms. The van der Waals surface area contributed by atoms with E-state index in [4.69, 9.17) is 15.2 Å². The minimum absolute atomic E-state index is 0.434. The minimum Gasteiger partial charge on any atom is -0.496 e. The Morgan fingerprint density at radius 2 is 2.00 bits per heavy atom. The molecule has 1 rings (SSSR count). The van der Waals surface area contributed by atoms with Gasteiger partial charge in [0.1, 0.15) is 11.5 Å². The lowest BCUT2D eigenvalue weighted by atomic mass is 10.2. The fraction of sp³-hybridized carbons (Fsp3) is 0.455. The molecule has 1 aromatic carbocycles. The van der Waals surface area contributed by atoms with E-state index >= 15 is 0 Å². The summed E-state index contributed by atoms with van der Waals surface area (Å²) in [5, 5.41) is 0. The van der Waals surface area contributed by atoms with Crippen LogP contribution in [0.5, 0.6) is 11.5 Å². The largest absolute Gasteiger partial charge is 0.496 e. The van der Waals surface area contributed by atoms with Crippen LogP contribution in [0, 0.1) is 0 Å². The van der Waals surface area contributed by atoms with Gasteiger partial charge in [-0.2, -0.15) is 0 Å². The molecule has 0 saturated carbocycles. The molecule has 1 aromatic rings. The highest BCUT2D eigenvalue weighted by Crippen LogP contribution is 2.27. The van der Waals surface area contributed by atoms with Crippen molar-refractivity contribution in [2.24, 2.45) is 5.73 Å². The Balaban J connectivity index is 2.90. The molecule has 0 saturated heterocycles. The molecular formula is C11H17NO2. The Hall–Kier alpha value is -1.22. The maximum absolute atomic E-state index is 5.64. The molecule has 0 unspecified atom stereocenters. The lowest BCUT2D eigenvalue weighted by Gasteiger charge is -2.12. The fourth-order valence-corrected chi connectivity index (χ4v) is 1.29. The van der Waals surface area contributed by atoms with Crippen LogP contribution in [0.15, 0.2) is 18.2 Å². The number of ether oxygens (including phenoxy) is 2. The molecule has 0 atom stereocenters. The summed E-state index contributed by atoms with van der Waals surface area (Å²) in [4.78, 5) is 0. The van der Waals surface area contributed by atoms with Crippen LogP contribution in [0.1, 0.15) is 18.9 Å². The first-order chi connectivity index (χ1) is 6.83. The van der Waals surface area contributed by atoms with Crippen LogP contribution in [0.4, 0.5) is 0 Å². The summed E-state index contributed by atoms with van der Waals surface area (Å²) in [5.74, 6) is 1.62. The number of rotatable bonds is 5. The highest BCUT2D eigenvalue weighted by atomic mass is 16.5. The molecule has 0 aliphatic rings. The zero-order valence-corrected chi connectivity index (χ0v) is 8.75. The Kier molecular flexibility index (Phi) is 4.26. The fourth-order valence-electron chi connectivity index (χ4n) is 1.29. The number of methoxy groups -OCH3 is 1. The molecule has 0 fully saturated rings. The van der Waals surface area contributed by atoms with Gasteiger partial charge >= 0.3 is 0 Å². The molecule has 0 spiro atoms. The second-order valence-corrected chi connectivity index (χ2v) is 2.99. The molecule has 0 aromatic heterocycles. The molecule has 0 bridgehead atoms. The first kappa shape index (κ1) is 10.9. The van der Waals surface area contributed by atoms with Gasteiger partial charge < -0.3 is 15.2 Å². The molecule has 3 nitrogen and oxygen atoms in total. The summed E-state index contributed by atoms with van der Waals surface area (Å²) in [6.07, 6.45) is 0.987. The van der Waals surface area contributed by atoms with Crippen LogP contribution in [0.3, 0.4) is 0 Å². The predicted octanol–water partition coefficient (Wildman–Crippen LogP) is 1.94. The quantitative estimate of drug-likeness (QED) is 0.781. The summed E-state index contributed by atoms with van der Waals surface area (Å²) in [7, 11) is 1.64. The number of nitrogens with two attached hydrogens (primary N) is 1. The Morgan fingerprint density at radius 3 is 2.57 bits per heavy atom. The van der Waals surface area contributed by atoms with Gasteiger partial charge in [0.25, 0.3) is 0 Å². The van der Waals surface area contributed by atoms with Gasteiger partial charge in [0.05, 0.1) is 13.7 Å². The van der Waals surface area contributed by atoms with Crippen LogP contribution >= 0.6 is 0 Å². The van der Waals surface area contributed by atoms with Crippen molar-refractivity contribution < 1.29 is 9.47 Å². The SMILES string of the molecule is CCCOc1cccc(OC)c1CN. The number of hydrogen-bond acceptors (Lipinski definition) is 3. The predicted molar refractivity (Wildman–Crippen MR) is 56.7 cm³/mol. The Morgan fingerprint density at radius 1 is 1.29 bits per heavy atom. The maximum atomic E-state index is 5.64. The van der Waals surface area contributed by atoms with Gasteiger partial charge in [0.2, 0.25) is 0 Å². The van der Waals surface area contributed by atoms with Crippen LogP contribution in [0.25, 0.3) is 0 Å². The normalized spacial score (nSPS) is 9.93. The highest BCUT2D eigenvalue weighted by Gasteiger charge is 2.07.